The summed E-state index contributed by atoms with van der Waals surface area (Å²) < 4.78 is 5.78. The van der Waals surface area contributed by atoms with Gasteiger partial charge in [-0.05, 0) is 43.5 Å². The minimum Gasteiger partial charge on any atom is -0.424 e. The molecule has 5 rings (SSSR count). The van der Waals surface area contributed by atoms with Gasteiger partial charge >= 0.3 is 0 Å². The highest BCUT2D eigenvalue weighted by Gasteiger charge is 2.30. The van der Waals surface area contributed by atoms with Gasteiger partial charge in [0, 0.05) is 6.04 Å². The fourth-order valence-electron chi connectivity index (χ4n) is 3.82. The van der Waals surface area contributed by atoms with Gasteiger partial charge in [-0.1, -0.05) is 24.3 Å². The van der Waals surface area contributed by atoms with Gasteiger partial charge in [0.1, 0.15) is 5.52 Å². The number of rotatable bonds is 5. The molecule has 0 aliphatic heterocycles. The van der Waals surface area contributed by atoms with Crippen LogP contribution < -0.4 is 10.6 Å². The minimum absolute atomic E-state index is 0.0175. The summed E-state index contributed by atoms with van der Waals surface area (Å²) in [5, 5.41) is 14.8. The zero-order valence-electron chi connectivity index (χ0n) is 15.7. The van der Waals surface area contributed by atoms with Crippen LogP contribution in [0.5, 0.6) is 0 Å². The molecule has 1 amide bonds. The van der Waals surface area contributed by atoms with E-state index >= 15 is 0 Å². The molecule has 2 heterocycles. The lowest BCUT2D eigenvalue weighted by atomic mass is 10.1. The molecule has 8 heteroatoms. The lowest BCUT2D eigenvalue weighted by Gasteiger charge is -2.22. The monoisotopic (exact) mass is 388 g/mol. The van der Waals surface area contributed by atoms with Gasteiger partial charge in [-0.2, -0.15) is 20.0 Å². The third-order valence-corrected chi connectivity index (χ3v) is 5.22. The van der Waals surface area contributed by atoms with E-state index in [0.29, 0.717) is 17.3 Å². The standard InChI is InChI=1S/C21H20N6O2/c28-20(14-6-1-3-10-18(14)27-22-12-13-23-27)24-15-8-5-9-16(15)25-21-26-17-7-2-4-11-19(17)29-21/h1-4,6-7,10-13,15-16H,5,8-9H2,(H,24,28)(H,25,26)/t15-,16-/m1/s1. The molecule has 1 saturated carbocycles. The van der Waals surface area contributed by atoms with E-state index in [9.17, 15) is 4.79 Å². The van der Waals surface area contributed by atoms with Crippen LogP contribution in [-0.2, 0) is 0 Å². The molecule has 1 aliphatic carbocycles. The summed E-state index contributed by atoms with van der Waals surface area (Å²) in [7, 11) is 0. The van der Waals surface area contributed by atoms with Crippen molar-refractivity contribution in [2.24, 2.45) is 0 Å². The normalized spacial score (nSPS) is 18.8. The number of carbonyl (C=O) groups is 1. The van der Waals surface area contributed by atoms with Gasteiger partial charge in [0.05, 0.1) is 29.7 Å². The molecule has 4 aromatic rings. The minimum atomic E-state index is -0.144. The van der Waals surface area contributed by atoms with Crippen molar-refractivity contribution in [3.63, 3.8) is 0 Å². The Morgan fingerprint density at radius 1 is 1.00 bits per heavy atom. The Morgan fingerprint density at radius 3 is 2.62 bits per heavy atom. The highest BCUT2D eigenvalue weighted by molar-refractivity contribution is 5.98. The van der Waals surface area contributed by atoms with Crippen molar-refractivity contribution in [3.05, 3.63) is 66.5 Å². The Kier molecular flexibility index (Phi) is 4.44. The summed E-state index contributed by atoms with van der Waals surface area (Å²) in [5.74, 6) is -0.144. The van der Waals surface area contributed by atoms with Crippen molar-refractivity contribution in [2.75, 3.05) is 5.32 Å². The van der Waals surface area contributed by atoms with Gasteiger partial charge in [-0.25, -0.2) is 0 Å². The number of carbonyl (C=O) groups excluding carboxylic acids is 1. The van der Waals surface area contributed by atoms with Crippen molar-refractivity contribution in [1.29, 1.82) is 0 Å². The van der Waals surface area contributed by atoms with Crippen molar-refractivity contribution in [1.82, 2.24) is 25.3 Å². The Morgan fingerprint density at radius 2 is 1.76 bits per heavy atom. The average Bonchev–Trinajstić information content (AvgIpc) is 3.49. The second-order valence-corrected chi connectivity index (χ2v) is 7.08. The molecular formula is C21H20N6O2. The number of hydrogen-bond donors (Lipinski definition) is 2. The first-order valence-electron chi connectivity index (χ1n) is 9.66. The van der Waals surface area contributed by atoms with Gasteiger partial charge in [0.2, 0.25) is 0 Å². The van der Waals surface area contributed by atoms with Crippen molar-refractivity contribution in [3.8, 4) is 5.69 Å². The molecule has 0 spiro atoms. The van der Waals surface area contributed by atoms with Crippen LogP contribution in [0.4, 0.5) is 6.01 Å². The van der Waals surface area contributed by atoms with E-state index in [4.69, 9.17) is 4.42 Å². The number of hydrogen-bond acceptors (Lipinski definition) is 6. The quantitative estimate of drug-likeness (QED) is 0.545. The average molecular weight is 388 g/mol. The fraction of sp³-hybridized carbons (Fsp3) is 0.238. The molecular weight excluding hydrogens is 368 g/mol. The van der Waals surface area contributed by atoms with Gasteiger partial charge in [-0.3, -0.25) is 4.79 Å². The first-order valence-corrected chi connectivity index (χ1v) is 9.66. The van der Waals surface area contributed by atoms with Gasteiger partial charge in [0.15, 0.2) is 5.58 Å². The summed E-state index contributed by atoms with van der Waals surface area (Å²) in [5.41, 5.74) is 2.75. The highest BCUT2D eigenvalue weighted by Crippen LogP contribution is 2.26. The van der Waals surface area contributed by atoms with E-state index in [1.54, 1.807) is 18.5 Å². The van der Waals surface area contributed by atoms with Crippen LogP contribution in [0.2, 0.25) is 0 Å². The maximum absolute atomic E-state index is 13.0. The van der Waals surface area contributed by atoms with Crippen LogP contribution in [0.3, 0.4) is 0 Å². The molecule has 1 aliphatic rings. The summed E-state index contributed by atoms with van der Waals surface area (Å²) in [6, 6.07) is 15.5. The van der Waals surface area contributed by atoms with Crippen LogP contribution >= 0.6 is 0 Å². The molecule has 2 aromatic heterocycles. The zero-order valence-corrected chi connectivity index (χ0v) is 15.7. The maximum Gasteiger partial charge on any atom is 0.295 e. The summed E-state index contributed by atoms with van der Waals surface area (Å²) in [6.45, 7) is 0. The molecule has 2 aromatic carbocycles. The first kappa shape index (κ1) is 17.4. The molecule has 2 atom stereocenters. The van der Waals surface area contributed by atoms with Crippen LogP contribution in [0.25, 0.3) is 16.8 Å². The lowest BCUT2D eigenvalue weighted by molar-refractivity contribution is 0.0935. The van der Waals surface area contributed by atoms with Crippen molar-refractivity contribution in [2.45, 2.75) is 31.3 Å². The molecule has 0 bridgehead atoms. The van der Waals surface area contributed by atoms with E-state index in [2.05, 4.69) is 25.8 Å². The molecule has 0 radical (unpaired) electrons. The number of anilines is 1. The lowest BCUT2D eigenvalue weighted by Crippen LogP contribution is -2.43. The molecule has 8 nitrogen and oxygen atoms in total. The first-order chi connectivity index (χ1) is 14.3. The second kappa shape index (κ2) is 7.38. The summed E-state index contributed by atoms with van der Waals surface area (Å²) >= 11 is 0. The summed E-state index contributed by atoms with van der Waals surface area (Å²) in [4.78, 5) is 19.0. The SMILES string of the molecule is O=C(N[C@@H]1CCC[C@H]1Nc1nc2ccccc2o1)c1ccccc1-n1nccn1. The zero-order chi connectivity index (χ0) is 19.6. The number of aromatic nitrogens is 4. The third kappa shape index (κ3) is 3.44. The maximum atomic E-state index is 13.0. The van der Waals surface area contributed by atoms with E-state index in [1.807, 2.05) is 42.5 Å². The van der Waals surface area contributed by atoms with Gasteiger partial charge in [0.25, 0.3) is 11.9 Å². The fourth-order valence-corrected chi connectivity index (χ4v) is 3.82. The van der Waals surface area contributed by atoms with Crippen molar-refractivity contribution < 1.29 is 9.21 Å². The van der Waals surface area contributed by atoms with Crippen LogP contribution in [0.15, 0.2) is 65.3 Å². The topological polar surface area (TPSA) is 97.9 Å². The molecule has 146 valence electrons. The summed E-state index contributed by atoms with van der Waals surface area (Å²) in [6.07, 6.45) is 6.03. The van der Waals surface area contributed by atoms with Crippen molar-refractivity contribution >= 4 is 23.0 Å². The van der Waals surface area contributed by atoms with Crippen LogP contribution in [-0.4, -0.2) is 38.0 Å². The van der Waals surface area contributed by atoms with E-state index in [-0.39, 0.29) is 18.0 Å². The Balaban J connectivity index is 1.33. The number of nitrogens with zero attached hydrogens (tertiary/aromatic N) is 4. The Bertz CT molecular complexity index is 1100. The number of oxazole rings is 1. The highest BCUT2D eigenvalue weighted by atomic mass is 16.4. The van der Waals surface area contributed by atoms with E-state index in [0.717, 1.165) is 30.4 Å². The van der Waals surface area contributed by atoms with Crippen LogP contribution in [0.1, 0.15) is 29.6 Å². The van der Waals surface area contributed by atoms with E-state index < -0.39 is 0 Å². The molecule has 1 fully saturated rings. The molecule has 0 unspecified atom stereocenters. The predicted octanol–water partition coefficient (Wildman–Crippen LogP) is 3.17. The number of benzene rings is 2. The number of amides is 1. The van der Waals surface area contributed by atoms with Crippen LogP contribution in [0, 0.1) is 0 Å². The second-order valence-electron chi connectivity index (χ2n) is 7.08. The predicted molar refractivity (Wildman–Crippen MR) is 108 cm³/mol. The third-order valence-electron chi connectivity index (χ3n) is 5.22. The Hall–Kier alpha value is -3.68. The molecule has 29 heavy (non-hydrogen) atoms. The smallest absolute Gasteiger partial charge is 0.295 e. The van der Waals surface area contributed by atoms with Gasteiger partial charge < -0.3 is 15.1 Å². The number of fused-ring (bicyclic) bond motifs is 1. The largest absolute Gasteiger partial charge is 0.424 e. The number of para-hydroxylation sites is 3. The number of nitrogens with one attached hydrogen (secondary N) is 2. The van der Waals surface area contributed by atoms with E-state index in [1.165, 1.54) is 4.80 Å². The van der Waals surface area contributed by atoms with Gasteiger partial charge in [-0.15, -0.1) is 0 Å². The Labute approximate surface area is 166 Å². The molecule has 0 saturated heterocycles. The molecule has 2 N–H and O–H groups in total.